The second-order valence-corrected chi connectivity index (χ2v) is 15.0. The van der Waals surface area contributed by atoms with Crippen LogP contribution in [0.5, 0.6) is 5.75 Å². The minimum absolute atomic E-state index is 0.00626. The summed E-state index contributed by atoms with van der Waals surface area (Å²) in [5.41, 5.74) is -0.566. The number of aromatic hydroxyl groups is 1. The maximum atomic E-state index is 14.5. The number of phenolic OH excluding ortho intramolecular Hbond substituents is 1. The van der Waals surface area contributed by atoms with Crippen molar-refractivity contribution in [3.63, 3.8) is 0 Å². The summed E-state index contributed by atoms with van der Waals surface area (Å²) >= 11 is 0. The molecule has 0 unspecified atom stereocenters. The molecule has 0 saturated carbocycles. The molecule has 5 aromatic carbocycles. The number of benzene rings is 5. The molecule has 17 nitrogen and oxygen atoms in total. The van der Waals surface area contributed by atoms with Crippen LogP contribution in [0.1, 0.15) is 6.92 Å². The van der Waals surface area contributed by atoms with Gasteiger partial charge in [0.15, 0.2) is 5.75 Å². The van der Waals surface area contributed by atoms with E-state index < -0.39 is 68.2 Å². The number of fused-ring (bicyclic) bond motifs is 2. The molecule has 1 aromatic heterocycles. The number of aromatic nitrogens is 3. The van der Waals surface area contributed by atoms with E-state index in [1.54, 1.807) is 29.2 Å². The Morgan fingerprint density at radius 2 is 1.42 bits per heavy atom. The van der Waals surface area contributed by atoms with Gasteiger partial charge in [-0.25, -0.2) is 0 Å². The van der Waals surface area contributed by atoms with Crippen molar-refractivity contribution in [3.8, 4) is 5.75 Å². The highest BCUT2D eigenvalue weighted by Gasteiger charge is 2.26. The van der Waals surface area contributed by atoms with Crippen LogP contribution < -0.4 is 10.2 Å². The number of hydrogen-bond donors (Lipinski definition) is 5. The fourth-order valence-electron chi connectivity index (χ4n) is 5.38. The van der Waals surface area contributed by atoms with E-state index in [-0.39, 0.29) is 39.1 Å². The quantitative estimate of drug-likeness (QED) is 0.0781. The SMILES string of the molecule is CCN(c1ccccc1)c1nc(F)nc(Nc2ccc3c(O)c(/N=N/c4ccc5c(S(=O)(=O)O)cccc5c4S(=O)(=O)O)c(S(=O)(=O)O)cc3c2)n1. The zero-order chi connectivity index (χ0) is 37.6. The lowest BCUT2D eigenvalue weighted by Gasteiger charge is -2.21. The molecule has 0 radical (unpaired) electrons. The molecular weight excluding hydrogens is 746 g/mol. The molecule has 5 N–H and O–H groups in total. The average Bonchev–Trinajstić information content (AvgIpc) is 3.06. The van der Waals surface area contributed by atoms with Crippen LogP contribution in [0.25, 0.3) is 21.5 Å². The lowest BCUT2D eigenvalue weighted by Crippen LogP contribution is -2.20. The molecule has 0 bridgehead atoms. The monoisotopic (exact) mass is 769 g/mol. The highest BCUT2D eigenvalue weighted by atomic mass is 32.2. The molecule has 52 heavy (non-hydrogen) atoms. The molecule has 6 aromatic rings. The number of nitrogens with one attached hydrogen (secondary N) is 1. The Labute approximate surface area is 294 Å². The summed E-state index contributed by atoms with van der Waals surface area (Å²) in [5, 5.41) is 20.7. The molecule has 0 aliphatic heterocycles. The molecule has 0 saturated heterocycles. The van der Waals surface area contributed by atoms with E-state index >= 15 is 0 Å². The van der Waals surface area contributed by atoms with Gasteiger partial charge in [-0.2, -0.15) is 44.6 Å². The summed E-state index contributed by atoms with van der Waals surface area (Å²) in [6.45, 7) is 2.20. The van der Waals surface area contributed by atoms with Gasteiger partial charge >= 0.3 is 6.08 Å². The molecule has 0 aliphatic carbocycles. The number of nitrogens with zero attached hydrogens (tertiary/aromatic N) is 6. The van der Waals surface area contributed by atoms with E-state index in [1.807, 2.05) is 13.0 Å². The summed E-state index contributed by atoms with van der Waals surface area (Å²) in [7, 11) is -15.2. The molecule has 0 aliphatic rings. The van der Waals surface area contributed by atoms with Gasteiger partial charge in [-0.1, -0.05) is 36.4 Å². The van der Waals surface area contributed by atoms with Gasteiger partial charge in [0, 0.05) is 34.1 Å². The van der Waals surface area contributed by atoms with Gasteiger partial charge in [-0.05, 0) is 60.8 Å². The number of phenols is 1. The van der Waals surface area contributed by atoms with Crippen molar-refractivity contribution in [2.75, 3.05) is 16.8 Å². The van der Waals surface area contributed by atoms with Crippen molar-refractivity contribution >= 4 is 86.5 Å². The molecule has 0 amide bonds. The van der Waals surface area contributed by atoms with E-state index in [0.717, 1.165) is 36.4 Å². The number of azo groups is 1. The Kier molecular flexibility index (Phi) is 9.33. The Balaban J connectivity index is 1.43. The van der Waals surface area contributed by atoms with Crippen molar-refractivity contribution < 1.29 is 48.4 Å². The van der Waals surface area contributed by atoms with Crippen molar-refractivity contribution in [2.24, 2.45) is 10.2 Å². The van der Waals surface area contributed by atoms with Gasteiger partial charge < -0.3 is 15.3 Å². The smallest absolute Gasteiger partial charge is 0.315 e. The van der Waals surface area contributed by atoms with Crippen LogP contribution in [0.3, 0.4) is 0 Å². The highest BCUT2D eigenvalue weighted by molar-refractivity contribution is 7.86. The fourth-order valence-corrected chi connectivity index (χ4v) is 7.58. The standard InChI is InChI=1S/C31H24FN7O10S3/c1-2-39(19-7-4-3-5-8-19)31-35-29(32)34-30(36-31)33-18-11-12-20-17(15-18)16-25(51(44,45)46)26(27(20)40)38-37-23-14-13-21-22(28(23)52(47,48)49)9-6-10-24(21)50(41,42)43/h3-16,40H,2H2,1H3,(H,41,42,43)(H,44,45,46)(H,47,48,49)(H,33,34,35,36)/b38-37+. The summed E-state index contributed by atoms with van der Waals surface area (Å²) in [6.07, 6.45) is -1.09. The third-order valence-electron chi connectivity index (χ3n) is 7.55. The summed E-state index contributed by atoms with van der Waals surface area (Å²) in [4.78, 5) is 10.8. The Morgan fingerprint density at radius 1 is 0.731 bits per heavy atom. The fraction of sp³-hybridized carbons (Fsp3) is 0.0645. The van der Waals surface area contributed by atoms with Gasteiger partial charge in [0.25, 0.3) is 30.4 Å². The number of rotatable bonds is 10. The van der Waals surface area contributed by atoms with E-state index in [4.69, 9.17) is 0 Å². The highest BCUT2D eigenvalue weighted by Crippen LogP contribution is 2.43. The van der Waals surface area contributed by atoms with Crippen molar-refractivity contribution in [1.29, 1.82) is 0 Å². The lowest BCUT2D eigenvalue weighted by atomic mass is 10.1. The predicted molar refractivity (Wildman–Crippen MR) is 185 cm³/mol. The number of halogens is 1. The third-order valence-corrected chi connectivity index (χ3v) is 10.3. The number of anilines is 4. The van der Waals surface area contributed by atoms with Gasteiger partial charge in [-0.15, -0.1) is 10.2 Å². The maximum Gasteiger partial charge on any atom is 0.315 e. The molecule has 0 fully saturated rings. The lowest BCUT2D eigenvalue weighted by molar-refractivity contribution is 0.472. The van der Waals surface area contributed by atoms with Crippen LogP contribution in [0.2, 0.25) is 0 Å². The molecule has 0 spiro atoms. The first-order valence-corrected chi connectivity index (χ1v) is 19.0. The number of hydrogen-bond acceptors (Lipinski definition) is 14. The van der Waals surface area contributed by atoms with Gasteiger partial charge in [0.05, 0.1) is 0 Å². The van der Waals surface area contributed by atoms with E-state index in [9.17, 15) is 48.4 Å². The van der Waals surface area contributed by atoms with Crippen LogP contribution in [-0.4, -0.2) is 65.5 Å². The van der Waals surface area contributed by atoms with Crippen LogP contribution in [0, 0.1) is 6.08 Å². The average molecular weight is 770 g/mol. The Hall–Kier alpha value is -5.71. The predicted octanol–water partition coefficient (Wildman–Crippen LogP) is 6.08. The maximum absolute atomic E-state index is 14.5. The minimum Gasteiger partial charge on any atom is -0.505 e. The van der Waals surface area contributed by atoms with Crippen LogP contribution in [-0.2, 0) is 30.4 Å². The zero-order valence-corrected chi connectivity index (χ0v) is 28.8. The van der Waals surface area contributed by atoms with Crippen molar-refractivity contribution in [3.05, 3.63) is 91.0 Å². The van der Waals surface area contributed by atoms with Gasteiger partial charge in [0.1, 0.15) is 26.1 Å². The molecule has 6 rings (SSSR count). The summed E-state index contributed by atoms with van der Waals surface area (Å²) < 4.78 is 118. The van der Waals surface area contributed by atoms with Crippen LogP contribution in [0.4, 0.5) is 39.0 Å². The van der Waals surface area contributed by atoms with Crippen LogP contribution >= 0.6 is 0 Å². The molecule has 0 atom stereocenters. The second kappa shape index (κ2) is 13.4. The first-order chi connectivity index (χ1) is 24.5. The zero-order valence-electron chi connectivity index (χ0n) is 26.3. The van der Waals surface area contributed by atoms with Gasteiger partial charge in [0.2, 0.25) is 11.9 Å². The summed E-state index contributed by atoms with van der Waals surface area (Å²) in [5.74, 6) is -1.04. The largest absolute Gasteiger partial charge is 0.505 e. The second-order valence-electron chi connectivity index (χ2n) is 10.8. The van der Waals surface area contributed by atoms with Crippen molar-refractivity contribution in [2.45, 2.75) is 21.6 Å². The topological polar surface area (TPSA) is 262 Å². The first-order valence-electron chi connectivity index (χ1n) is 14.7. The van der Waals surface area contributed by atoms with Crippen LogP contribution in [0.15, 0.2) is 110 Å². The van der Waals surface area contributed by atoms with E-state index in [2.05, 4.69) is 30.5 Å². The minimum atomic E-state index is -5.17. The van der Waals surface area contributed by atoms with Gasteiger partial charge in [-0.3, -0.25) is 13.7 Å². The third kappa shape index (κ3) is 7.21. The first kappa shape index (κ1) is 36.1. The van der Waals surface area contributed by atoms with Crippen molar-refractivity contribution in [1.82, 2.24) is 15.0 Å². The molecular formula is C31H24FN7O10S3. The Bertz CT molecular complexity index is 2770. The summed E-state index contributed by atoms with van der Waals surface area (Å²) in [6, 6.07) is 19.1. The number of para-hydroxylation sites is 1. The molecule has 268 valence electrons. The molecule has 21 heteroatoms. The van der Waals surface area contributed by atoms with E-state index in [1.165, 1.54) is 18.2 Å². The normalized spacial score (nSPS) is 12.5. The molecule has 1 heterocycles. The van der Waals surface area contributed by atoms with E-state index in [0.29, 0.717) is 12.2 Å². The Morgan fingerprint density at radius 3 is 2.08 bits per heavy atom.